The van der Waals surface area contributed by atoms with E-state index in [1.807, 2.05) is 65.2 Å². The zero-order chi connectivity index (χ0) is 32.0. The molecule has 1 atom stereocenters. The van der Waals surface area contributed by atoms with Gasteiger partial charge >= 0.3 is 0 Å². The minimum absolute atomic E-state index is 0.0731. The van der Waals surface area contributed by atoms with Gasteiger partial charge in [-0.3, -0.25) is 9.00 Å². The smallest absolute Gasteiger partial charge is 0.160 e. The number of aryl methyl sites for hydroxylation is 1. The maximum atomic E-state index is 12.9. The highest BCUT2D eigenvalue weighted by atomic mass is 35.5. The molecule has 0 N–H and O–H groups in total. The summed E-state index contributed by atoms with van der Waals surface area (Å²) in [7, 11) is 0.354. The van der Waals surface area contributed by atoms with Crippen molar-refractivity contribution in [3.63, 3.8) is 0 Å². The van der Waals surface area contributed by atoms with Gasteiger partial charge in [-0.25, -0.2) is 4.98 Å². The number of aromatic nitrogens is 2. The topological polar surface area (TPSA) is 79.7 Å². The van der Waals surface area contributed by atoms with E-state index in [0.29, 0.717) is 35.3 Å². The maximum Gasteiger partial charge on any atom is 0.160 e. The number of carbonyl (C=O) groups excluding carboxylic acids is 1. The van der Waals surface area contributed by atoms with Crippen molar-refractivity contribution >= 4 is 34.3 Å². The molecule has 238 valence electrons. The molecule has 0 saturated carbocycles. The summed E-state index contributed by atoms with van der Waals surface area (Å²) in [5.74, 6) is 1.59. The first-order chi connectivity index (χ1) is 21.9. The first-order valence-electron chi connectivity index (χ1n) is 15.3. The summed E-state index contributed by atoms with van der Waals surface area (Å²) >= 11 is 6.58. The Morgan fingerprint density at radius 3 is 2.47 bits per heavy atom. The highest BCUT2D eigenvalue weighted by Gasteiger charge is 2.12. The lowest BCUT2D eigenvalue weighted by molar-refractivity contribution is -0.113. The summed E-state index contributed by atoms with van der Waals surface area (Å²) < 4.78 is 31.9. The van der Waals surface area contributed by atoms with Crippen LogP contribution in [0.25, 0.3) is 17.2 Å². The van der Waals surface area contributed by atoms with Crippen LogP contribution in [0.2, 0.25) is 5.02 Å². The molecule has 0 aliphatic carbocycles. The number of carbonyl (C=O) groups is 1. The van der Waals surface area contributed by atoms with Crippen molar-refractivity contribution in [2.24, 2.45) is 0 Å². The molecule has 0 amide bonds. The van der Waals surface area contributed by atoms with Crippen LogP contribution in [0.3, 0.4) is 0 Å². The Kier molecular flexibility index (Phi) is 13.4. The summed E-state index contributed by atoms with van der Waals surface area (Å²) in [4.78, 5) is 17.8. The van der Waals surface area contributed by atoms with Gasteiger partial charge in [0.05, 0.1) is 47.3 Å². The standard InChI is InChI=1S/C36H41ClN2O5S/c1-4-6-18-43-19-20-44-33-13-10-28(11-14-33)30-22-29(36(42-3)35(37)23-30)9-12-32(40)21-27-7-15-34(16-8-27)45(41)25-31-24-38-26-39(31)17-5-2/h7-16,22-24,26H,4-6,17-21,25H2,1-3H3/b12-9+/t45-/m0/s1. The second kappa shape index (κ2) is 17.7. The van der Waals surface area contributed by atoms with E-state index in [4.69, 9.17) is 25.8 Å². The molecular weight excluding hydrogens is 608 g/mol. The van der Waals surface area contributed by atoms with E-state index in [2.05, 4.69) is 18.8 Å². The molecule has 0 aliphatic heterocycles. The first-order valence-corrected chi connectivity index (χ1v) is 17.0. The Morgan fingerprint density at radius 1 is 0.978 bits per heavy atom. The number of imidazole rings is 1. The molecule has 1 aromatic heterocycles. The van der Waals surface area contributed by atoms with Gasteiger partial charge in [-0.05, 0) is 78.1 Å². The number of halogens is 1. The highest BCUT2D eigenvalue weighted by molar-refractivity contribution is 7.84. The van der Waals surface area contributed by atoms with Gasteiger partial charge in [0.2, 0.25) is 0 Å². The molecule has 0 aliphatic rings. The van der Waals surface area contributed by atoms with E-state index in [9.17, 15) is 9.00 Å². The van der Waals surface area contributed by atoms with Gasteiger partial charge in [0.25, 0.3) is 0 Å². The lowest BCUT2D eigenvalue weighted by atomic mass is 10.0. The minimum atomic E-state index is -1.20. The highest BCUT2D eigenvalue weighted by Crippen LogP contribution is 2.35. The third kappa shape index (κ3) is 10.1. The van der Waals surface area contributed by atoms with Gasteiger partial charge in [0.1, 0.15) is 18.1 Å². The summed E-state index contributed by atoms with van der Waals surface area (Å²) in [5.41, 5.74) is 4.34. The number of unbranched alkanes of at least 4 members (excludes halogenated alkanes) is 1. The Balaban J connectivity index is 1.37. The monoisotopic (exact) mass is 648 g/mol. The van der Waals surface area contributed by atoms with Crippen LogP contribution in [-0.2, 0) is 39.0 Å². The largest absolute Gasteiger partial charge is 0.495 e. The number of methoxy groups -OCH3 is 1. The van der Waals surface area contributed by atoms with Crippen LogP contribution in [0.5, 0.6) is 11.5 Å². The van der Waals surface area contributed by atoms with Crippen molar-refractivity contribution in [1.82, 2.24) is 9.55 Å². The summed E-state index contributed by atoms with van der Waals surface area (Å²) in [6, 6.07) is 18.9. The van der Waals surface area contributed by atoms with E-state index in [-0.39, 0.29) is 12.2 Å². The lowest BCUT2D eigenvalue weighted by Gasteiger charge is -2.12. The lowest BCUT2D eigenvalue weighted by Crippen LogP contribution is -2.07. The zero-order valence-electron chi connectivity index (χ0n) is 26.2. The van der Waals surface area contributed by atoms with Crippen molar-refractivity contribution in [3.8, 4) is 22.6 Å². The molecule has 0 unspecified atom stereocenters. The Labute approximate surface area is 273 Å². The fraction of sp³-hybridized carbons (Fsp3) is 0.333. The van der Waals surface area contributed by atoms with Crippen molar-refractivity contribution in [2.75, 3.05) is 26.9 Å². The Hall–Kier alpha value is -3.72. The van der Waals surface area contributed by atoms with Crippen molar-refractivity contribution in [1.29, 1.82) is 0 Å². The normalized spacial score (nSPS) is 12.0. The van der Waals surface area contributed by atoms with Crippen LogP contribution in [0.4, 0.5) is 0 Å². The number of nitrogens with zero attached hydrogens (tertiary/aromatic N) is 2. The second-order valence-corrected chi connectivity index (χ2v) is 12.5. The second-order valence-electron chi connectivity index (χ2n) is 10.6. The average molecular weight is 649 g/mol. The molecule has 0 fully saturated rings. The van der Waals surface area contributed by atoms with E-state index >= 15 is 0 Å². The Bertz CT molecular complexity index is 1580. The van der Waals surface area contributed by atoms with Crippen LogP contribution in [-0.4, -0.2) is 46.5 Å². The summed E-state index contributed by atoms with van der Waals surface area (Å²) in [6.07, 6.45) is 10.2. The zero-order valence-corrected chi connectivity index (χ0v) is 27.7. The summed E-state index contributed by atoms with van der Waals surface area (Å²) in [5, 5.41) is 0.452. The van der Waals surface area contributed by atoms with Gasteiger partial charge < -0.3 is 18.8 Å². The van der Waals surface area contributed by atoms with Gasteiger partial charge in [-0.15, -0.1) is 0 Å². The average Bonchev–Trinajstić information content (AvgIpc) is 3.48. The number of rotatable bonds is 18. The maximum absolute atomic E-state index is 12.9. The fourth-order valence-electron chi connectivity index (χ4n) is 4.76. The molecule has 4 rings (SSSR count). The molecule has 4 aromatic rings. The van der Waals surface area contributed by atoms with E-state index in [1.165, 1.54) is 0 Å². The fourth-order valence-corrected chi connectivity index (χ4v) is 6.18. The molecule has 0 radical (unpaired) electrons. The SMILES string of the molecule is CCCCOCCOc1ccc(-c2cc(Cl)c(OC)c(/C=C/C(=O)Cc3ccc([S@@](=O)Cc4cncn4CCC)cc3)c2)cc1. The van der Waals surface area contributed by atoms with Crippen LogP contribution in [0, 0.1) is 0 Å². The summed E-state index contributed by atoms with van der Waals surface area (Å²) in [6.45, 7) is 6.89. The molecule has 7 nitrogen and oxygen atoms in total. The van der Waals surface area contributed by atoms with Gasteiger partial charge in [0.15, 0.2) is 5.78 Å². The van der Waals surface area contributed by atoms with Gasteiger partial charge in [-0.1, -0.05) is 56.1 Å². The Morgan fingerprint density at radius 2 is 1.76 bits per heavy atom. The molecular formula is C36H41ClN2O5S. The molecule has 1 heterocycles. The van der Waals surface area contributed by atoms with Crippen LogP contribution in [0.1, 0.15) is 49.9 Å². The van der Waals surface area contributed by atoms with Crippen LogP contribution < -0.4 is 9.47 Å². The molecule has 0 spiro atoms. The number of ether oxygens (including phenoxy) is 3. The third-order valence-electron chi connectivity index (χ3n) is 7.16. The number of hydrogen-bond donors (Lipinski definition) is 0. The number of benzene rings is 3. The van der Waals surface area contributed by atoms with E-state index < -0.39 is 10.8 Å². The quantitative estimate of drug-likeness (QED) is 0.0805. The van der Waals surface area contributed by atoms with Crippen molar-refractivity contribution < 1.29 is 23.2 Å². The molecule has 9 heteroatoms. The third-order valence-corrected chi connectivity index (χ3v) is 8.79. The molecule has 0 saturated heterocycles. The van der Waals surface area contributed by atoms with Gasteiger partial charge in [0, 0.05) is 36.2 Å². The van der Waals surface area contributed by atoms with Crippen molar-refractivity contribution in [2.45, 2.75) is 56.7 Å². The number of hydrogen-bond acceptors (Lipinski definition) is 6. The first kappa shape index (κ1) is 34.2. The van der Waals surface area contributed by atoms with Gasteiger partial charge in [-0.2, -0.15) is 0 Å². The van der Waals surface area contributed by atoms with E-state index in [1.54, 1.807) is 31.8 Å². The minimum Gasteiger partial charge on any atom is -0.495 e. The molecule has 3 aromatic carbocycles. The van der Waals surface area contributed by atoms with E-state index in [0.717, 1.165) is 65.4 Å². The number of ketones is 1. The molecule has 0 bridgehead atoms. The van der Waals surface area contributed by atoms with Crippen LogP contribution in [0.15, 0.2) is 84.2 Å². The van der Waals surface area contributed by atoms with Crippen molar-refractivity contribution in [3.05, 3.63) is 101 Å². The predicted molar refractivity (Wildman–Crippen MR) is 181 cm³/mol. The molecule has 45 heavy (non-hydrogen) atoms. The number of allylic oxidation sites excluding steroid dienone is 1. The predicted octanol–water partition coefficient (Wildman–Crippen LogP) is 7.95. The van der Waals surface area contributed by atoms with Crippen LogP contribution >= 0.6 is 11.6 Å².